The van der Waals surface area contributed by atoms with Crippen LogP contribution in [0.25, 0.3) is 0 Å². The summed E-state index contributed by atoms with van der Waals surface area (Å²) < 4.78 is 25.1. The van der Waals surface area contributed by atoms with Crippen LogP contribution in [0.2, 0.25) is 0 Å². The Bertz CT molecular complexity index is 660. The van der Waals surface area contributed by atoms with Gasteiger partial charge in [0.2, 0.25) is 9.84 Å². The van der Waals surface area contributed by atoms with Crippen LogP contribution in [0.4, 0.5) is 10.8 Å². The van der Waals surface area contributed by atoms with Crippen LogP contribution in [0.1, 0.15) is 5.69 Å². The molecule has 0 unspecified atom stereocenters. The van der Waals surface area contributed by atoms with E-state index in [0.717, 1.165) is 11.3 Å². The SMILES string of the molecule is CNc1nc(C)c(S(=O)(=O)c2ccc(N)cc2)s1. The number of anilines is 2. The van der Waals surface area contributed by atoms with Crippen LogP contribution in [0, 0.1) is 6.92 Å². The molecule has 0 radical (unpaired) electrons. The van der Waals surface area contributed by atoms with Crippen LogP contribution < -0.4 is 11.1 Å². The fourth-order valence-electron chi connectivity index (χ4n) is 1.49. The van der Waals surface area contributed by atoms with E-state index in [2.05, 4.69) is 10.3 Å². The molecule has 0 atom stereocenters. The Morgan fingerprint density at radius 3 is 2.39 bits per heavy atom. The lowest BCUT2D eigenvalue weighted by molar-refractivity contribution is 0.597. The molecule has 96 valence electrons. The summed E-state index contributed by atoms with van der Waals surface area (Å²) in [5.41, 5.74) is 6.58. The molecule has 0 aliphatic carbocycles. The van der Waals surface area contributed by atoms with Crippen molar-refractivity contribution in [2.45, 2.75) is 16.0 Å². The predicted octanol–water partition coefficient (Wildman–Crippen LogP) is 1.91. The summed E-state index contributed by atoms with van der Waals surface area (Å²) in [6.07, 6.45) is 0. The van der Waals surface area contributed by atoms with Crippen molar-refractivity contribution >= 4 is 32.0 Å². The zero-order valence-electron chi connectivity index (χ0n) is 9.97. The highest BCUT2D eigenvalue weighted by Crippen LogP contribution is 2.31. The molecule has 0 saturated carbocycles. The average molecular weight is 283 g/mol. The van der Waals surface area contributed by atoms with Crippen molar-refractivity contribution in [2.24, 2.45) is 0 Å². The lowest BCUT2D eigenvalue weighted by Gasteiger charge is -2.02. The largest absolute Gasteiger partial charge is 0.399 e. The first-order chi connectivity index (χ1) is 8.45. The standard InChI is InChI=1S/C11H13N3O2S2/c1-7-10(17-11(13-2)14-7)18(15,16)9-5-3-8(12)4-6-9/h3-6H,12H2,1-2H3,(H,13,14). The predicted molar refractivity (Wildman–Crippen MR) is 72.7 cm³/mol. The van der Waals surface area contributed by atoms with E-state index in [1.54, 1.807) is 26.1 Å². The Morgan fingerprint density at radius 1 is 1.28 bits per heavy atom. The number of hydrogen-bond donors (Lipinski definition) is 2. The van der Waals surface area contributed by atoms with Crippen molar-refractivity contribution in [1.29, 1.82) is 0 Å². The highest BCUT2D eigenvalue weighted by molar-refractivity contribution is 7.93. The Labute approximate surface area is 110 Å². The first kappa shape index (κ1) is 12.8. The highest BCUT2D eigenvalue weighted by Gasteiger charge is 2.23. The molecule has 1 aromatic heterocycles. The summed E-state index contributed by atoms with van der Waals surface area (Å²) in [5, 5.41) is 3.43. The lowest BCUT2D eigenvalue weighted by atomic mass is 10.3. The summed E-state index contributed by atoms with van der Waals surface area (Å²) in [7, 11) is -1.81. The molecule has 0 bridgehead atoms. The van der Waals surface area contributed by atoms with Crippen molar-refractivity contribution in [2.75, 3.05) is 18.1 Å². The van der Waals surface area contributed by atoms with Crippen molar-refractivity contribution in [3.63, 3.8) is 0 Å². The van der Waals surface area contributed by atoms with Crippen molar-refractivity contribution in [1.82, 2.24) is 4.98 Å². The number of nitrogens with one attached hydrogen (secondary N) is 1. The minimum Gasteiger partial charge on any atom is -0.399 e. The number of rotatable bonds is 3. The molecule has 2 rings (SSSR count). The van der Waals surface area contributed by atoms with Crippen molar-refractivity contribution in [3.8, 4) is 0 Å². The third kappa shape index (κ3) is 2.19. The maximum atomic E-state index is 12.4. The summed E-state index contributed by atoms with van der Waals surface area (Å²) in [4.78, 5) is 4.37. The van der Waals surface area contributed by atoms with Gasteiger partial charge in [0.1, 0.15) is 4.21 Å². The second kappa shape index (κ2) is 4.58. The van der Waals surface area contributed by atoms with Gasteiger partial charge in [-0.25, -0.2) is 13.4 Å². The zero-order valence-corrected chi connectivity index (χ0v) is 11.6. The monoisotopic (exact) mass is 283 g/mol. The first-order valence-electron chi connectivity index (χ1n) is 5.21. The van der Waals surface area contributed by atoms with Gasteiger partial charge in [0.05, 0.1) is 10.6 Å². The summed E-state index contributed by atoms with van der Waals surface area (Å²) >= 11 is 1.12. The van der Waals surface area contributed by atoms with Crippen LogP contribution in [0.15, 0.2) is 33.4 Å². The van der Waals surface area contributed by atoms with Crippen LogP contribution in [0.5, 0.6) is 0 Å². The van der Waals surface area contributed by atoms with Crippen LogP contribution in [-0.2, 0) is 9.84 Å². The molecule has 0 amide bonds. The summed E-state index contributed by atoms with van der Waals surface area (Å²) in [6, 6.07) is 6.15. The fourth-order valence-corrected chi connectivity index (χ4v) is 4.25. The van der Waals surface area contributed by atoms with Crippen molar-refractivity contribution in [3.05, 3.63) is 30.0 Å². The Morgan fingerprint density at radius 2 is 1.89 bits per heavy atom. The number of nitrogens with zero attached hydrogens (tertiary/aromatic N) is 1. The third-order valence-electron chi connectivity index (χ3n) is 2.40. The highest BCUT2D eigenvalue weighted by atomic mass is 32.2. The second-order valence-corrected chi connectivity index (χ2v) is 6.86. The Kier molecular flexibility index (Phi) is 3.27. The average Bonchev–Trinajstić information content (AvgIpc) is 2.72. The third-order valence-corrected chi connectivity index (χ3v) is 5.96. The van der Waals surface area contributed by atoms with E-state index in [9.17, 15) is 8.42 Å². The summed E-state index contributed by atoms with van der Waals surface area (Å²) in [5.74, 6) is 0. The number of benzene rings is 1. The number of aromatic nitrogens is 1. The minimum absolute atomic E-state index is 0.228. The van der Waals surface area contributed by atoms with Crippen LogP contribution in [-0.4, -0.2) is 20.4 Å². The quantitative estimate of drug-likeness (QED) is 0.840. The van der Waals surface area contributed by atoms with Crippen molar-refractivity contribution < 1.29 is 8.42 Å². The van der Waals surface area contributed by atoms with E-state index in [1.807, 2.05) is 0 Å². The van der Waals surface area contributed by atoms with E-state index in [-0.39, 0.29) is 9.10 Å². The number of thiazole rings is 1. The molecule has 0 aliphatic heterocycles. The number of nitrogens with two attached hydrogens (primary N) is 1. The van der Waals surface area contributed by atoms with E-state index in [0.29, 0.717) is 16.5 Å². The van der Waals surface area contributed by atoms with E-state index in [4.69, 9.17) is 5.73 Å². The van der Waals surface area contributed by atoms with Gasteiger partial charge in [-0.1, -0.05) is 11.3 Å². The maximum absolute atomic E-state index is 12.4. The minimum atomic E-state index is -3.52. The van der Waals surface area contributed by atoms with Gasteiger partial charge in [-0.15, -0.1) is 0 Å². The maximum Gasteiger partial charge on any atom is 0.217 e. The Hall–Kier alpha value is -1.60. The molecule has 5 nitrogen and oxygen atoms in total. The van der Waals surface area contributed by atoms with Gasteiger partial charge in [-0.05, 0) is 31.2 Å². The second-order valence-electron chi connectivity index (χ2n) is 3.71. The van der Waals surface area contributed by atoms with E-state index in [1.165, 1.54) is 12.1 Å². The van der Waals surface area contributed by atoms with E-state index >= 15 is 0 Å². The molecule has 0 fully saturated rings. The molecular weight excluding hydrogens is 270 g/mol. The first-order valence-corrected chi connectivity index (χ1v) is 7.51. The van der Waals surface area contributed by atoms with Gasteiger partial charge in [-0.2, -0.15) is 0 Å². The fraction of sp³-hybridized carbons (Fsp3) is 0.182. The van der Waals surface area contributed by atoms with Gasteiger partial charge in [0.15, 0.2) is 5.13 Å². The molecule has 0 saturated heterocycles. The zero-order chi connectivity index (χ0) is 13.3. The normalized spacial score (nSPS) is 11.4. The van der Waals surface area contributed by atoms with Gasteiger partial charge >= 0.3 is 0 Å². The number of sulfone groups is 1. The van der Waals surface area contributed by atoms with Gasteiger partial charge in [0, 0.05) is 12.7 Å². The van der Waals surface area contributed by atoms with Crippen LogP contribution in [0.3, 0.4) is 0 Å². The molecule has 2 aromatic rings. The Balaban J connectivity index is 2.54. The van der Waals surface area contributed by atoms with Crippen LogP contribution >= 0.6 is 11.3 Å². The molecule has 1 aromatic carbocycles. The molecule has 0 aliphatic rings. The molecule has 1 heterocycles. The molecule has 7 heteroatoms. The molecule has 18 heavy (non-hydrogen) atoms. The molecular formula is C11H13N3O2S2. The smallest absolute Gasteiger partial charge is 0.217 e. The number of hydrogen-bond acceptors (Lipinski definition) is 6. The number of nitrogen functional groups attached to an aromatic ring is 1. The van der Waals surface area contributed by atoms with Gasteiger partial charge in [-0.3, -0.25) is 0 Å². The lowest BCUT2D eigenvalue weighted by Crippen LogP contribution is -2.01. The number of aryl methyl sites for hydroxylation is 1. The topological polar surface area (TPSA) is 85.1 Å². The molecule has 0 spiro atoms. The van der Waals surface area contributed by atoms with Gasteiger partial charge in [0.25, 0.3) is 0 Å². The molecule has 3 N–H and O–H groups in total. The van der Waals surface area contributed by atoms with Gasteiger partial charge < -0.3 is 11.1 Å². The van der Waals surface area contributed by atoms with E-state index < -0.39 is 9.84 Å². The summed E-state index contributed by atoms with van der Waals surface area (Å²) in [6.45, 7) is 1.68.